The first kappa shape index (κ1) is 14.6. The molecule has 0 aromatic carbocycles. The zero-order chi connectivity index (χ0) is 13.4. The summed E-state index contributed by atoms with van der Waals surface area (Å²) in [7, 11) is 0. The maximum atomic E-state index is 11.9. The topological polar surface area (TPSA) is 62.2 Å². The van der Waals surface area contributed by atoms with Crippen LogP contribution in [-0.2, 0) is 11.2 Å². The maximum Gasteiger partial charge on any atom is 0.220 e. The fourth-order valence-corrected chi connectivity index (χ4v) is 1.86. The van der Waals surface area contributed by atoms with Gasteiger partial charge in [0.15, 0.2) is 0 Å². The molecule has 1 heterocycles. The average Bonchev–Trinajstić information content (AvgIpc) is 2.44. The van der Waals surface area contributed by atoms with Crippen molar-refractivity contribution in [3.8, 4) is 0 Å². The standard InChI is InChI=1S/C14H22N2O2/c1-3-14(4-2,11-17)16-13(18)6-5-12-7-9-15-10-8-12/h7-10,17H,3-6,11H2,1-2H3,(H,16,18). The molecule has 0 aliphatic heterocycles. The number of aryl methyl sites for hydroxylation is 1. The molecule has 1 aromatic heterocycles. The fourth-order valence-electron chi connectivity index (χ4n) is 1.86. The summed E-state index contributed by atoms with van der Waals surface area (Å²) in [6.45, 7) is 3.94. The first-order valence-electron chi connectivity index (χ1n) is 6.46. The number of pyridine rings is 1. The monoisotopic (exact) mass is 250 g/mol. The predicted molar refractivity (Wildman–Crippen MR) is 71.1 cm³/mol. The number of carbonyl (C=O) groups is 1. The van der Waals surface area contributed by atoms with Crippen molar-refractivity contribution >= 4 is 5.91 Å². The van der Waals surface area contributed by atoms with Crippen molar-refractivity contribution in [2.24, 2.45) is 0 Å². The summed E-state index contributed by atoms with van der Waals surface area (Å²) in [5.74, 6) is -0.00966. The van der Waals surface area contributed by atoms with Gasteiger partial charge in [-0.3, -0.25) is 9.78 Å². The van der Waals surface area contributed by atoms with Crippen LogP contribution in [0.1, 0.15) is 38.7 Å². The summed E-state index contributed by atoms with van der Waals surface area (Å²) in [5.41, 5.74) is 0.637. The summed E-state index contributed by atoms with van der Waals surface area (Å²) in [4.78, 5) is 15.8. The van der Waals surface area contributed by atoms with E-state index in [0.717, 1.165) is 18.4 Å². The Morgan fingerprint density at radius 3 is 2.44 bits per heavy atom. The van der Waals surface area contributed by atoms with Gasteiger partial charge in [0.05, 0.1) is 12.1 Å². The van der Waals surface area contributed by atoms with Crippen LogP contribution < -0.4 is 5.32 Å². The minimum atomic E-state index is -0.463. The van der Waals surface area contributed by atoms with E-state index in [1.54, 1.807) is 12.4 Å². The van der Waals surface area contributed by atoms with Crippen LogP contribution in [0.15, 0.2) is 24.5 Å². The lowest BCUT2D eigenvalue weighted by molar-refractivity contribution is -0.123. The van der Waals surface area contributed by atoms with E-state index >= 15 is 0 Å². The second kappa shape index (κ2) is 7.11. The Kier molecular flexibility index (Phi) is 5.78. The lowest BCUT2D eigenvalue weighted by Crippen LogP contribution is -2.50. The van der Waals surface area contributed by atoms with E-state index in [1.165, 1.54) is 0 Å². The van der Waals surface area contributed by atoms with Gasteiger partial charge < -0.3 is 10.4 Å². The quantitative estimate of drug-likeness (QED) is 0.774. The maximum absolute atomic E-state index is 11.9. The van der Waals surface area contributed by atoms with E-state index in [0.29, 0.717) is 12.8 Å². The van der Waals surface area contributed by atoms with Crippen LogP contribution in [0.3, 0.4) is 0 Å². The zero-order valence-electron chi connectivity index (χ0n) is 11.1. The number of aromatic nitrogens is 1. The van der Waals surface area contributed by atoms with Gasteiger partial charge in [0.1, 0.15) is 0 Å². The van der Waals surface area contributed by atoms with Crippen molar-refractivity contribution in [1.29, 1.82) is 0 Å². The number of hydrogen-bond donors (Lipinski definition) is 2. The van der Waals surface area contributed by atoms with Gasteiger partial charge >= 0.3 is 0 Å². The predicted octanol–water partition coefficient (Wildman–Crippen LogP) is 1.68. The van der Waals surface area contributed by atoms with Crippen LogP contribution >= 0.6 is 0 Å². The third-order valence-electron chi connectivity index (χ3n) is 3.45. The largest absolute Gasteiger partial charge is 0.394 e. The van der Waals surface area contributed by atoms with Crippen LogP contribution in [-0.4, -0.2) is 28.1 Å². The van der Waals surface area contributed by atoms with Gasteiger partial charge in [0.2, 0.25) is 5.91 Å². The first-order chi connectivity index (χ1) is 8.65. The lowest BCUT2D eigenvalue weighted by atomic mass is 9.93. The highest BCUT2D eigenvalue weighted by atomic mass is 16.3. The van der Waals surface area contributed by atoms with Gasteiger partial charge in [-0.05, 0) is 37.0 Å². The van der Waals surface area contributed by atoms with Crippen molar-refractivity contribution in [1.82, 2.24) is 10.3 Å². The smallest absolute Gasteiger partial charge is 0.220 e. The Hall–Kier alpha value is -1.42. The molecule has 100 valence electrons. The number of hydrogen-bond acceptors (Lipinski definition) is 3. The highest BCUT2D eigenvalue weighted by Gasteiger charge is 2.26. The molecule has 0 fully saturated rings. The summed E-state index contributed by atoms with van der Waals surface area (Å²) in [6.07, 6.45) is 6.06. The van der Waals surface area contributed by atoms with Crippen molar-refractivity contribution in [3.05, 3.63) is 30.1 Å². The molecule has 1 rings (SSSR count). The molecule has 2 N–H and O–H groups in total. The molecule has 0 unspecified atom stereocenters. The highest BCUT2D eigenvalue weighted by molar-refractivity contribution is 5.77. The Labute approximate surface area is 108 Å². The van der Waals surface area contributed by atoms with Crippen molar-refractivity contribution in [2.75, 3.05) is 6.61 Å². The van der Waals surface area contributed by atoms with Gasteiger partial charge in [0, 0.05) is 18.8 Å². The molecular weight excluding hydrogens is 228 g/mol. The fraction of sp³-hybridized carbons (Fsp3) is 0.571. The second-order valence-corrected chi connectivity index (χ2v) is 4.55. The Balaban J connectivity index is 2.46. The van der Waals surface area contributed by atoms with E-state index in [9.17, 15) is 9.90 Å². The van der Waals surface area contributed by atoms with Gasteiger partial charge in [-0.1, -0.05) is 13.8 Å². The van der Waals surface area contributed by atoms with Crippen LogP contribution in [0.4, 0.5) is 0 Å². The number of rotatable bonds is 7. The lowest BCUT2D eigenvalue weighted by Gasteiger charge is -2.30. The molecule has 0 saturated heterocycles. The number of aliphatic hydroxyl groups excluding tert-OH is 1. The summed E-state index contributed by atoms with van der Waals surface area (Å²) >= 11 is 0. The average molecular weight is 250 g/mol. The van der Waals surface area contributed by atoms with Gasteiger partial charge in [-0.25, -0.2) is 0 Å². The molecule has 18 heavy (non-hydrogen) atoms. The number of amides is 1. The van der Waals surface area contributed by atoms with Crippen LogP contribution in [0, 0.1) is 0 Å². The molecule has 0 bridgehead atoms. The normalized spacial score (nSPS) is 11.3. The first-order valence-corrected chi connectivity index (χ1v) is 6.46. The Morgan fingerprint density at radius 1 is 1.33 bits per heavy atom. The van der Waals surface area contributed by atoms with E-state index in [2.05, 4.69) is 10.3 Å². The van der Waals surface area contributed by atoms with Gasteiger partial charge in [0.25, 0.3) is 0 Å². The van der Waals surface area contributed by atoms with Crippen LogP contribution in [0.25, 0.3) is 0 Å². The summed E-state index contributed by atoms with van der Waals surface area (Å²) < 4.78 is 0. The molecular formula is C14H22N2O2. The second-order valence-electron chi connectivity index (χ2n) is 4.55. The van der Waals surface area contributed by atoms with E-state index in [1.807, 2.05) is 26.0 Å². The van der Waals surface area contributed by atoms with Crippen molar-refractivity contribution in [3.63, 3.8) is 0 Å². The molecule has 0 saturated carbocycles. The molecule has 0 aliphatic carbocycles. The molecule has 0 spiro atoms. The Morgan fingerprint density at radius 2 is 1.94 bits per heavy atom. The van der Waals surface area contributed by atoms with E-state index < -0.39 is 5.54 Å². The van der Waals surface area contributed by atoms with Gasteiger partial charge in [-0.2, -0.15) is 0 Å². The molecule has 4 heteroatoms. The minimum Gasteiger partial charge on any atom is -0.394 e. The van der Waals surface area contributed by atoms with Crippen molar-refractivity contribution < 1.29 is 9.90 Å². The summed E-state index contributed by atoms with van der Waals surface area (Å²) in [6, 6.07) is 3.82. The third kappa shape index (κ3) is 4.11. The third-order valence-corrected chi connectivity index (χ3v) is 3.45. The van der Waals surface area contributed by atoms with E-state index in [4.69, 9.17) is 0 Å². The number of nitrogens with zero attached hydrogens (tertiary/aromatic N) is 1. The minimum absolute atomic E-state index is 0.00966. The highest BCUT2D eigenvalue weighted by Crippen LogP contribution is 2.14. The SMILES string of the molecule is CCC(CC)(CO)NC(=O)CCc1ccncc1. The number of carbonyl (C=O) groups excluding carboxylic acids is 1. The van der Waals surface area contributed by atoms with Gasteiger partial charge in [-0.15, -0.1) is 0 Å². The van der Waals surface area contributed by atoms with Crippen molar-refractivity contribution in [2.45, 2.75) is 45.1 Å². The number of nitrogens with one attached hydrogen (secondary N) is 1. The Bertz CT molecular complexity index is 353. The zero-order valence-corrected chi connectivity index (χ0v) is 11.1. The molecule has 0 aliphatic rings. The summed E-state index contributed by atoms with van der Waals surface area (Å²) in [5, 5.41) is 12.3. The molecule has 4 nitrogen and oxygen atoms in total. The molecule has 1 aromatic rings. The molecule has 0 radical (unpaired) electrons. The number of aliphatic hydroxyl groups is 1. The van der Waals surface area contributed by atoms with Crippen LogP contribution in [0.5, 0.6) is 0 Å². The van der Waals surface area contributed by atoms with E-state index in [-0.39, 0.29) is 12.5 Å². The van der Waals surface area contributed by atoms with Crippen LogP contribution in [0.2, 0.25) is 0 Å². The molecule has 1 amide bonds. The molecule has 0 atom stereocenters.